The lowest BCUT2D eigenvalue weighted by Gasteiger charge is -2.13. The number of aldehydes is 1. The molecule has 0 aromatic carbocycles. The van der Waals surface area contributed by atoms with Crippen LogP contribution in [0.5, 0.6) is 0 Å². The van der Waals surface area contributed by atoms with Crippen molar-refractivity contribution in [2.45, 2.75) is 85.0 Å². The van der Waals surface area contributed by atoms with E-state index in [4.69, 9.17) is 9.47 Å². The molecule has 0 bridgehead atoms. The molecular formula is C20H36O5. The summed E-state index contributed by atoms with van der Waals surface area (Å²) in [6.07, 6.45) is 8.69. The van der Waals surface area contributed by atoms with E-state index in [-0.39, 0.29) is 37.1 Å². The number of unbranched alkanes of at least 4 members (excludes halogenated alkanes) is 5. The summed E-state index contributed by atoms with van der Waals surface area (Å²) in [5.74, 6) is -0.553. The number of carbonyl (C=O) groups is 3. The molecule has 0 aliphatic heterocycles. The number of hydrogen-bond acceptors (Lipinski definition) is 5. The molecular weight excluding hydrogens is 320 g/mol. The van der Waals surface area contributed by atoms with E-state index in [9.17, 15) is 14.4 Å². The minimum Gasteiger partial charge on any atom is -0.466 e. The minimum absolute atomic E-state index is 0.0863. The van der Waals surface area contributed by atoms with Gasteiger partial charge in [-0.3, -0.25) is 9.59 Å². The smallest absolute Gasteiger partial charge is 0.306 e. The minimum atomic E-state index is -0.351. The van der Waals surface area contributed by atoms with Crippen LogP contribution in [0.1, 0.15) is 85.0 Å². The Morgan fingerprint density at radius 2 is 1.44 bits per heavy atom. The lowest BCUT2D eigenvalue weighted by Crippen LogP contribution is -2.18. The molecule has 0 aromatic rings. The van der Waals surface area contributed by atoms with Crippen molar-refractivity contribution in [2.75, 3.05) is 13.2 Å². The quantitative estimate of drug-likeness (QED) is 0.232. The van der Waals surface area contributed by atoms with Gasteiger partial charge in [-0.1, -0.05) is 52.9 Å². The van der Waals surface area contributed by atoms with Crippen LogP contribution < -0.4 is 0 Å². The van der Waals surface area contributed by atoms with Crippen molar-refractivity contribution in [1.29, 1.82) is 0 Å². The SMILES string of the molecule is CCCCCCCCOC(=O)CC(CC=O)CC(=O)OCCC(C)C. The molecule has 0 radical (unpaired) electrons. The van der Waals surface area contributed by atoms with Crippen LogP contribution in [0.2, 0.25) is 0 Å². The monoisotopic (exact) mass is 356 g/mol. The Morgan fingerprint density at radius 1 is 0.880 bits per heavy atom. The van der Waals surface area contributed by atoms with Gasteiger partial charge in [0.25, 0.3) is 0 Å². The molecule has 146 valence electrons. The van der Waals surface area contributed by atoms with Crippen LogP contribution in [0.25, 0.3) is 0 Å². The maximum atomic E-state index is 11.9. The summed E-state index contributed by atoms with van der Waals surface area (Å²) in [6.45, 7) is 7.09. The molecule has 0 aliphatic carbocycles. The Balaban J connectivity index is 3.93. The molecule has 0 aromatic heterocycles. The van der Waals surface area contributed by atoms with E-state index in [1.54, 1.807) is 0 Å². The predicted octanol–water partition coefficient (Wildman–Crippen LogP) is 4.46. The fraction of sp³-hybridized carbons (Fsp3) is 0.850. The van der Waals surface area contributed by atoms with Crippen molar-refractivity contribution in [3.05, 3.63) is 0 Å². The second kappa shape index (κ2) is 16.1. The Labute approximate surface area is 152 Å². The van der Waals surface area contributed by atoms with E-state index in [0.29, 0.717) is 19.1 Å². The average molecular weight is 357 g/mol. The molecule has 1 atom stereocenters. The highest BCUT2D eigenvalue weighted by Crippen LogP contribution is 2.15. The van der Waals surface area contributed by atoms with Crippen molar-refractivity contribution in [1.82, 2.24) is 0 Å². The largest absolute Gasteiger partial charge is 0.466 e. The first kappa shape index (κ1) is 23.6. The fourth-order valence-corrected chi connectivity index (χ4v) is 2.44. The third kappa shape index (κ3) is 15.9. The van der Waals surface area contributed by atoms with E-state index in [1.165, 1.54) is 25.7 Å². The molecule has 0 rings (SSSR count). The lowest BCUT2D eigenvalue weighted by molar-refractivity contribution is -0.147. The third-order valence-corrected chi connectivity index (χ3v) is 4.06. The van der Waals surface area contributed by atoms with Gasteiger partial charge in [-0.15, -0.1) is 0 Å². The van der Waals surface area contributed by atoms with Crippen molar-refractivity contribution >= 4 is 18.2 Å². The molecule has 5 heteroatoms. The highest BCUT2D eigenvalue weighted by molar-refractivity contribution is 5.74. The number of hydrogen-bond donors (Lipinski definition) is 0. The van der Waals surface area contributed by atoms with E-state index >= 15 is 0 Å². The van der Waals surface area contributed by atoms with Gasteiger partial charge in [0, 0.05) is 19.3 Å². The summed E-state index contributed by atoms with van der Waals surface area (Å²) in [5, 5.41) is 0. The standard InChI is InChI=1S/C20H36O5/c1-4-5-6-7-8-9-13-24-19(22)15-18(10-12-21)16-20(23)25-14-11-17(2)3/h12,17-18H,4-11,13-16H2,1-3H3. The number of esters is 2. The first-order chi connectivity index (χ1) is 12.0. The molecule has 0 fully saturated rings. The molecule has 0 N–H and O–H groups in total. The number of ether oxygens (including phenoxy) is 2. The predicted molar refractivity (Wildman–Crippen MR) is 98.2 cm³/mol. The molecule has 5 nitrogen and oxygen atoms in total. The van der Waals surface area contributed by atoms with E-state index in [2.05, 4.69) is 20.8 Å². The van der Waals surface area contributed by atoms with Gasteiger partial charge < -0.3 is 14.3 Å². The Kier molecular flexibility index (Phi) is 15.2. The van der Waals surface area contributed by atoms with Crippen molar-refractivity contribution in [3.8, 4) is 0 Å². The maximum Gasteiger partial charge on any atom is 0.306 e. The zero-order chi connectivity index (χ0) is 18.9. The Morgan fingerprint density at radius 3 is 2.00 bits per heavy atom. The molecule has 0 saturated heterocycles. The lowest BCUT2D eigenvalue weighted by atomic mass is 9.98. The first-order valence-corrected chi connectivity index (χ1v) is 9.74. The van der Waals surface area contributed by atoms with E-state index < -0.39 is 0 Å². The summed E-state index contributed by atoms with van der Waals surface area (Å²) in [6, 6.07) is 0. The second-order valence-electron chi connectivity index (χ2n) is 7.07. The number of rotatable bonds is 16. The molecule has 25 heavy (non-hydrogen) atoms. The first-order valence-electron chi connectivity index (χ1n) is 9.74. The highest BCUT2D eigenvalue weighted by atomic mass is 16.5. The van der Waals surface area contributed by atoms with Crippen LogP contribution in [0.4, 0.5) is 0 Å². The third-order valence-electron chi connectivity index (χ3n) is 4.06. The zero-order valence-electron chi connectivity index (χ0n) is 16.3. The van der Waals surface area contributed by atoms with Gasteiger partial charge in [-0.05, 0) is 24.7 Å². The van der Waals surface area contributed by atoms with Crippen LogP contribution in [-0.2, 0) is 23.9 Å². The van der Waals surface area contributed by atoms with E-state index in [0.717, 1.165) is 25.5 Å². The van der Waals surface area contributed by atoms with Crippen LogP contribution >= 0.6 is 0 Å². The van der Waals surface area contributed by atoms with Crippen molar-refractivity contribution < 1.29 is 23.9 Å². The fourth-order valence-electron chi connectivity index (χ4n) is 2.44. The van der Waals surface area contributed by atoms with Crippen LogP contribution in [0.3, 0.4) is 0 Å². The van der Waals surface area contributed by atoms with Gasteiger partial charge in [0.15, 0.2) is 0 Å². The summed E-state index contributed by atoms with van der Waals surface area (Å²) < 4.78 is 10.4. The molecule has 0 amide bonds. The Bertz CT molecular complexity index is 365. The Hall–Kier alpha value is -1.39. The van der Waals surface area contributed by atoms with Gasteiger partial charge in [0.1, 0.15) is 6.29 Å². The molecule has 0 spiro atoms. The maximum absolute atomic E-state index is 11.9. The normalized spacial score (nSPS) is 12.0. The van der Waals surface area contributed by atoms with Crippen molar-refractivity contribution in [2.24, 2.45) is 11.8 Å². The second-order valence-corrected chi connectivity index (χ2v) is 7.07. The van der Waals surface area contributed by atoms with Crippen LogP contribution in [-0.4, -0.2) is 31.4 Å². The van der Waals surface area contributed by atoms with Gasteiger partial charge in [0.05, 0.1) is 13.2 Å². The zero-order valence-corrected chi connectivity index (χ0v) is 16.3. The highest BCUT2D eigenvalue weighted by Gasteiger charge is 2.19. The number of carbonyl (C=O) groups excluding carboxylic acids is 3. The molecule has 0 saturated carbocycles. The summed E-state index contributed by atoms with van der Waals surface area (Å²) in [7, 11) is 0. The summed E-state index contributed by atoms with van der Waals surface area (Å²) >= 11 is 0. The molecule has 1 unspecified atom stereocenters. The summed E-state index contributed by atoms with van der Waals surface area (Å²) in [4.78, 5) is 34.4. The van der Waals surface area contributed by atoms with Gasteiger partial charge in [0.2, 0.25) is 0 Å². The van der Waals surface area contributed by atoms with Gasteiger partial charge in [-0.25, -0.2) is 0 Å². The topological polar surface area (TPSA) is 69.7 Å². The average Bonchev–Trinajstić information content (AvgIpc) is 2.53. The van der Waals surface area contributed by atoms with Crippen molar-refractivity contribution in [3.63, 3.8) is 0 Å². The summed E-state index contributed by atoms with van der Waals surface area (Å²) in [5.41, 5.74) is 0. The molecule has 0 heterocycles. The van der Waals surface area contributed by atoms with Gasteiger partial charge >= 0.3 is 11.9 Å². The van der Waals surface area contributed by atoms with E-state index in [1.807, 2.05) is 0 Å². The van der Waals surface area contributed by atoms with Crippen LogP contribution in [0, 0.1) is 11.8 Å². The van der Waals surface area contributed by atoms with Crippen LogP contribution in [0.15, 0.2) is 0 Å². The van der Waals surface area contributed by atoms with Gasteiger partial charge in [-0.2, -0.15) is 0 Å². The molecule has 0 aliphatic rings.